The molecule has 0 saturated carbocycles. The van der Waals surface area contributed by atoms with Crippen LogP contribution in [0.15, 0.2) is 46.9 Å². The molecule has 138 valence electrons. The molecule has 2 aromatic carbocycles. The van der Waals surface area contributed by atoms with Gasteiger partial charge in [-0.25, -0.2) is 4.98 Å². The van der Waals surface area contributed by atoms with Crippen molar-refractivity contribution in [2.45, 2.75) is 20.8 Å². The molecule has 0 aliphatic heterocycles. The molecule has 3 rings (SSSR count). The second-order valence-corrected chi connectivity index (χ2v) is 6.39. The Morgan fingerprint density at radius 3 is 2.52 bits per heavy atom. The average Bonchev–Trinajstić information content (AvgIpc) is 3.04. The number of hydrogen-bond donors (Lipinski definition) is 2. The number of carbonyl (C=O) groups is 2. The molecular formula is C21H21N3O3. The summed E-state index contributed by atoms with van der Waals surface area (Å²) in [6, 6.07) is 11.4. The van der Waals surface area contributed by atoms with Crippen LogP contribution in [0.1, 0.15) is 22.6 Å². The fourth-order valence-corrected chi connectivity index (χ4v) is 2.90. The first-order valence-electron chi connectivity index (χ1n) is 8.61. The van der Waals surface area contributed by atoms with Gasteiger partial charge in [-0.3, -0.25) is 9.59 Å². The Balaban J connectivity index is 1.55. The number of para-hydroxylation sites is 2. The van der Waals surface area contributed by atoms with Crippen molar-refractivity contribution in [2.75, 3.05) is 11.9 Å². The van der Waals surface area contributed by atoms with Gasteiger partial charge in [0.15, 0.2) is 5.58 Å². The van der Waals surface area contributed by atoms with E-state index in [2.05, 4.69) is 15.6 Å². The number of amides is 2. The minimum Gasteiger partial charge on any atom is -0.437 e. The molecule has 0 atom stereocenters. The lowest BCUT2D eigenvalue weighted by molar-refractivity contribution is -0.121. The van der Waals surface area contributed by atoms with E-state index < -0.39 is 5.91 Å². The van der Waals surface area contributed by atoms with E-state index in [9.17, 15) is 9.59 Å². The van der Waals surface area contributed by atoms with E-state index in [0.717, 1.165) is 27.9 Å². The summed E-state index contributed by atoms with van der Waals surface area (Å²) in [7, 11) is 0. The lowest BCUT2D eigenvalue weighted by Gasteiger charge is -2.12. The van der Waals surface area contributed by atoms with Crippen LogP contribution in [0.5, 0.6) is 0 Å². The molecule has 2 N–H and O–H groups in total. The predicted octanol–water partition coefficient (Wildman–Crippen LogP) is 3.52. The summed E-state index contributed by atoms with van der Waals surface area (Å²) in [6.45, 7) is 5.77. The van der Waals surface area contributed by atoms with Gasteiger partial charge >= 0.3 is 0 Å². The van der Waals surface area contributed by atoms with Crippen LogP contribution in [-0.4, -0.2) is 23.3 Å². The summed E-state index contributed by atoms with van der Waals surface area (Å²) < 4.78 is 5.50. The van der Waals surface area contributed by atoms with E-state index in [-0.39, 0.29) is 12.5 Å². The van der Waals surface area contributed by atoms with Gasteiger partial charge in [0, 0.05) is 17.8 Å². The molecular weight excluding hydrogens is 342 g/mol. The highest BCUT2D eigenvalue weighted by molar-refractivity contribution is 5.98. The molecule has 0 spiro atoms. The van der Waals surface area contributed by atoms with Crippen molar-refractivity contribution < 1.29 is 14.0 Å². The number of nitrogens with zero attached hydrogens (tertiary/aromatic N) is 1. The molecule has 0 saturated heterocycles. The molecule has 0 bridgehead atoms. The summed E-state index contributed by atoms with van der Waals surface area (Å²) in [5.74, 6) is -0.347. The van der Waals surface area contributed by atoms with Crippen LogP contribution in [0.25, 0.3) is 17.2 Å². The van der Waals surface area contributed by atoms with E-state index in [0.29, 0.717) is 11.5 Å². The minimum absolute atomic E-state index is 0.122. The van der Waals surface area contributed by atoms with Crippen molar-refractivity contribution in [3.8, 4) is 0 Å². The third-order valence-corrected chi connectivity index (χ3v) is 4.05. The Morgan fingerprint density at radius 1 is 1.11 bits per heavy atom. The number of oxazole rings is 1. The highest BCUT2D eigenvalue weighted by Crippen LogP contribution is 2.21. The number of nitrogens with one attached hydrogen (secondary N) is 2. The third-order valence-electron chi connectivity index (χ3n) is 4.05. The van der Waals surface area contributed by atoms with Crippen LogP contribution in [-0.2, 0) is 9.59 Å². The summed E-state index contributed by atoms with van der Waals surface area (Å²) >= 11 is 0. The molecule has 0 unspecified atom stereocenters. The molecule has 6 nitrogen and oxygen atoms in total. The van der Waals surface area contributed by atoms with Crippen molar-refractivity contribution >= 4 is 34.7 Å². The van der Waals surface area contributed by atoms with Gasteiger partial charge in [-0.15, -0.1) is 0 Å². The maximum absolute atomic E-state index is 12.1. The van der Waals surface area contributed by atoms with Crippen LogP contribution in [0.4, 0.5) is 5.69 Å². The van der Waals surface area contributed by atoms with E-state index in [1.807, 2.05) is 51.1 Å². The first-order chi connectivity index (χ1) is 12.9. The van der Waals surface area contributed by atoms with Crippen LogP contribution in [0.3, 0.4) is 0 Å². The lowest BCUT2D eigenvalue weighted by Crippen LogP contribution is -2.32. The highest BCUT2D eigenvalue weighted by Gasteiger charge is 2.09. The van der Waals surface area contributed by atoms with E-state index in [1.165, 1.54) is 12.2 Å². The van der Waals surface area contributed by atoms with Gasteiger partial charge in [0.05, 0.1) is 6.54 Å². The molecule has 1 aromatic heterocycles. The summed E-state index contributed by atoms with van der Waals surface area (Å²) in [5, 5.41) is 5.39. The molecule has 27 heavy (non-hydrogen) atoms. The van der Waals surface area contributed by atoms with Crippen molar-refractivity contribution in [1.29, 1.82) is 0 Å². The number of hydrogen-bond acceptors (Lipinski definition) is 4. The summed E-state index contributed by atoms with van der Waals surface area (Å²) in [4.78, 5) is 28.3. The third kappa shape index (κ3) is 4.61. The molecule has 0 fully saturated rings. The maximum Gasteiger partial charge on any atom is 0.244 e. The van der Waals surface area contributed by atoms with Crippen molar-refractivity contribution in [3.63, 3.8) is 0 Å². The zero-order valence-electron chi connectivity index (χ0n) is 15.5. The number of aryl methyl sites for hydroxylation is 3. The monoisotopic (exact) mass is 363 g/mol. The largest absolute Gasteiger partial charge is 0.437 e. The van der Waals surface area contributed by atoms with E-state index in [1.54, 1.807) is 6.07 Å². The normalized spacial score (nSPS) is 11.1. The summed E-state index contributed by atoms with van der Waals surface area (Å²) in [6.07, 6.45) is 2.77. The SMILES string of the molecule is Cc1cc(C)c(NC(=O)CNC(=O)C=Cc2nc3ccccc3o2)c(C)c1. The van der Waals surface area contributed by atoms with Gasteiger partial charge in [-0.1, -0.05) is 29.8 Å². The minimum atomic E-state index is -0.398. The zero-order chi connectivity index (χ0) is 19.4. The Morgan fingerprint density at radius 2 is 1.81 bits per heavy atom. The fraction of sp³-hybridized carbons (Fsp3) is 0.190. The molecule has 3 aromatic rings. The Labute approximate surface area is 157 Å². The van der Waals surface area contributed by atoms with Gasteiger partial charge in [-0.05, 0) is 44.0 Å². The molecule has 0 radical (unpaired) electrons. The Hall–Kier alpha value is -3.41. The van der Waals surface area contributed by atoms with E-state index >= 15 is 0 Å². The number of anilines is 1. The number of aromatic nitrogens is 1. The number of carbonyl (C=O) groups excluding carboxylic acids is 2. The lowest BCUT2D eigenvalue weighted by atomic mass is 10.1. The van der Waals surface area contributed by atoms with Crippen molar-refractivity contribution in [3.05, 3.63) is 65.1 Å². The van der Waals surface area contributed by atoms with E-state index in [4.69, 9.17) is 4.42 Å². The van der Waals surface area contributed by atoms with Gasteiger partial charge in [-0.2, -0.15) is 0 Å². The number of benzene rings is 2. The summed E-state index contributed by atoms with van der Waals surface area (Å²) in [5.41, 5.74) is 5.27. The maximum atomic E-state index is 12.1. The molecule has 0 aliphatic rings. The van der Waals surface area contributed by atoms with Gasteiger partial charge < -0.3 is 15.1 Å². The van der Waals surface area contributed by atoms with Crippen LogP contribution in [0, 0.1) is 20.8 Å². The fourth-order valence-electron chi connectivity index (χ4n) is 2.90. The van der Waals surface area contributed by atoms with Crippen LogP contribution >= 0.6 is 0 Å². The first kappa shape index (κ1) is 18.4. The van der Waals surface area contributed by atoms with Crippen molar-refractivity contribution in [1.82, 2.24) is 10.3 Å². The topological polar surface area (TPSA) is 84.2 Å². The Bertz CT molecular complexity index is 978. The number of fused-ring (bicyclic) bond motifs is 1. The van der Waals surface area contributed by atoms with Gasteiger partial charge in [0.1, 0.15) is 5.52 Å². The molecule has 2 amide bonds. The second kappa shape index (κ2) is 7.86. The molecule has 1 heterocycles. The standard InChI is InChI=1S/C21H21N3O3/c1-13-10-14(2)21(15(3)11-13)24-19(26)12-22-18(25)8-9-20-23-16-6-4-5-7-17(16)27-20/h4-11H,12H2,1-3H3,(H,22,25)(H,24,26). The zero-order valence-corrected chi connectivity index (χ0v) is 15.5. The molecule has 0 aliphatic carbocycles. The molecule has 6 heteroatoms. The van der Waals surface area contributed by atoms with Crippen LogP contribution < -0.4 is 10.6 Å². The quantitative estimate of drug-likeness (QED) is 0.679. The first-order valence-corrected chi connectivity index (χ1v) is 8.61. The second-order valence-electron chi connectivity index (χ2n) is 6.39. The van der Waals surface area contributed by atoms with Gasteiger partial charge in [0.2, 0.25) is 17.7 Å². The number of rotatable bonds is 5. The average molecular weight is 363 g/mol. The van der Waals surface area contributed by atoms with Crippen molar-refractivity contribution in [2.24, 2.45) is 0 Å². The Kier molecular flexibility index (Phi) is 5.35. The smallest absolute Gasteiger partial charge is 0.244 e. The van der Waals surface area contributed by atoms with Gasteiger partial charge in [0.25, 0.3) is 0 Å². The highest BCUT2D eigenvalue weighted by atomic mass is 16.3. The predicted molar refractivity (Wildman–Crippen MR) is 105 cm³/mol. The van der Waals surface area contributed by atoms with Crippen LogP contribution in [0.2, 0.25) is 0 Å².